The van der Waals surface area contributed by atoms with Gasteiger partial charge in [0, 0.05) is 40.4 Å². The van der Waals surface area contributed by atoms with E-state index in [9.17, 15) is 43.6 Å². The number of nitrogens with zero attached hydrogens (tertiary/aromatic N) is 1. The molecule has 1 aliphatic carbocycles. The molecule has 1 amide bonds. The van der Waals surface area contributed by atoms with E-state index in [1.807, 2.05) is 6.92 Å². The number of rotatable bonds is 15. The number of aromatic amines is 1. The van der Waals surface area contributed by atoms with Gasteiger partial charge in [-0.05, 0) is 50.3 Å². The van der Waals surface area contributed by atoms with Gasteiger partial charge in [-0.1, -0.05) is 89.4 Å². The van der Waals surface area contributed by atoms with Crippen molar-refractivity contribution in [3.05, 3.63) is 102 Å². The highest BCUT2D eigenvalue weighted by atomic mass is 35.5. The lowest BCUT2D eigenvalue weighted by Gasteiger charge is -2.21. The molecule has 4 atom stereocenters. The number of carboxylic acid groups (broad SMARTS) is 1. The number of carbonyl (C=O) groups is 2. The number of aryl methyl sites for hydroxylation is 1. The predicted octanol–water partition coefficient (Wildman–Crippen LogP) is 9.10. The van der Waals surface area contributed by atoms with Gasteiger partial charge >= 0.3 is 19.5 Å². The molecule has 1 fully saturated rings. The molecule has 1 aromatic heterocycles. The molecule has 61 heavy (non-hydrogen) atoms. The van der Waals surface area contributed by atoms with Gasteiger partial charge in [-0.2, -0.15) is 0 Å². The van der Waals surface area contributed by atoms with Crippen molar-refractivity contribution >= 4 is 100 Å². The highest BCUT2D eigenvalue weighted by Gasteiger charge is 2.37. The molecular weight excluding hydrogens is 950 g/mol. The maximum Gasteiger partial charge on any atom is 0.472 e. The number of aromatic hydroxyl groups is 1. The van der Waals surface area contributed by atoms with E-state index >= 15 is 0 Å². The van der Waals surface area contributed by atoms with Gasteiger partial charge in [-0.25, -0.2) is 14.2 Å². The number of carboxylic acids is 1. The first-order valence-corrected chi connectivity index (χ1v) is 22.1. The van der Waals surface area contributed by atoms with Crippen LogP contribution in [-0.4, -0.2) is 62.4 Å². The van der Waals surface area contributed by atoms with Gasteiger partial charge in [0.05, 0.1) is 50.5 Å². The number of nitrogens with one attached hydrogen (secondary N) is 2. The van der Waals surface area contributed by atoms with Gasteiger partial charge in [-0.3, -0.25) is 33.0 Å². The average Bonchev–Trinajstić information content (AvgIpc) is 3.57. The number of fused-ring (bicyclic) bond motifs is 2. The number of phenolic OH excluding ortho intramolecular Hbond substituents is 1. The monoisotopic (exact) mass is 981 g/mol. The zero-order chi connectivity index (χ0) is 44.7. The topological polar surface area (TPSA) is 237 Å². The Morgan fingerprint density at radius 3 is 2.36 bits per heavy atom. The van der Waals surface area contributed by atoms with Crippen molar-refractivity contribution in [1.29, 1.82) is 0 Å². The third-order valence-corrected chi connectivity index (χ3v) is 12.9. The molecule has 326 valence electrons. The van der Waals surface area contributed by atoms with E-state index in [-0.39, 0.29) is 84.8 Å². The molecular formula is C38H34Cl6N3O13P. The number of hydrogen-bond acceptors (Lipinski definition) is 11. The quantitative estimate of drug-likeness (QED) is 0.0374. The van der Waals surface area contributed by atoms with E-state index in [1.54, 1.807) is 6.92 Å². The van der Waals surface area contributed by atoms with Crippen LogP contribution in [-0.2, 0) is 18.3 Å². The smallest absolute Gasteiger partial charge is 0.472 e. The number of aromatic nitrogens is 2. The molecule has 2 aliphatic heterocycles. The van der Waals surface area contributed by atoms with Crippen molar-refractivity contribution in [2.45, 2.75) is 58.3 Å². The summed E-state index contributed by atoms with van der Waals surface area (Å²) in [5.74, 6) is -3.28. The van der Waals surface area contributed by atoms with Gasteiger partial charge < -0.3 is 29.6 Å². The van der Waals surface area contributed by atoms with Crippen LogP contribution in [0.15, 0.2) is 43.2 Å². The van der Waals surface area contributed by atoms with Crippen LogP contribution in [0.25, 0.3) is 33.4 Å². The van der Waals surface area contributed by atoms with Crippen LogP contribution in [0.4, 0.5) is 0 Å². The van der Waals surface area contributed by atoms with E-state index in [2.05, 4.69) is 10.3 Å². The van der Waals surface area contributed by atoms with Gasteiger partial charge in [0.1, 0.15) is 16.3 Å². The summed E-state index contributed by atoms with van der Waals surface area (Å²) in [6.45, 7) is 3.14. The Balaban J connectivity index is 1.08. The molecule has 1 saturated heterocycles. The summed E-state index contributed by atoms with van der Waals surface area (Å²) in [4.78, 5) is 75.4. The Bertz CT molecular complexity index is 2780. The summed E-state index contributed by atoms with van der Waals surface area (Å²) in [5, 5.41) is 21.3. The van der Waals surface area contributed by atoms with Crippen LogP contribution in [0.3, 0.4) is 0 Å². The van der Waals surface area contributed by atoms with Crippen molar-refractivity contribution in [1.82, 2.24) is 14.9 Å². The molecule has 23 heteroatoms. The number of phosphoric acid groups is 1. The lowest BCUT2D eigenvalue weighted by atomic mass is 9.89. The molecule has 6 rings (SSSR count). The number of carbonyl (C=O) groups excluding carboxylic acids is 1. The van der Waals surface area contributed by atoms with Crippen molar-refractivity contribution in [2.24, 2.45) is 5.92 Å². The first-order valence-electron chi connectivity index (χ1n) is 18.3. The summed E-state index contributed by atoms with van der Waals surface area (Å²) < 4.78 is 35.9. The number of H-pyrrole nitrogens is 1. The van der Waals surface area contributed by atoms with Crippen LogP contribution in [0, 0.1) is 12.8 Å². The first kappa shape index (κ1) is 46.9. The molecule has 0 spiro atoms. The molecule has 0 saturated carbocycles. The third kappa shape index (κ3) is 9.80. The highest BCUT2D eigenvalue weighted by Crippen LogP contribution is 2.52. The number of phosphoric ester groups is 1. The van der Waals surface area contributed by atoms with Crippen molar-refractivity contribution < 1.29 is 47.5 Å². The second-order valence-corrected chi connectivity index (χ2v) is 17.9. The zero-order valence-corrected chi connectivity index (χ0v) is 37.2. The highest BCUT2D eigenvalue weighted by molar-refractivity contribution is 7.47. The minimum absolute atomic E-state index is 0.00101. The molecule has 5 N–H and O–H groups in total. The second-order valence-electron chi connectivity index (χ2n) is 14.1. The third-order valence-electron chi connectivity index (χ3n) is 9.96. The van der Waals surface area contributed by atoms with Gasteiger partial charge in [0.15, 0.2) is 17.1 Å². The zero-order valence-electron chi connectivity index (χ0n) is 31.8. The van der Waals surface area contributed by atoms with E-state index in [0.29, 0.717) is 37.7 Å². The minimum atomic E-state index is -4.45. The molecule has 3 aromatic rings. The standard InChI is InChI=1S/C38H34Cl6N3O13P/c1-15-9-24(47-13-16(2)35(50)46-38(47)54)59-23(15)14-58-61(55,56)57-8-6-4-3-5-7-45-36(51)19-12-20(39)26(37(52)53)27(28(19)42)25-17-10-21(40)31(48)29(43)33(17)60-34-18(25)11-22(41)32(49)30(34)44/h10-13,15,23-24,48H,3-9,14H2,1-2H3,(H,45,51)(H,52,53)(H,55,56)(H,46,50,54)/t15?,23-,24-/m1/s1. The van der Waals surface area contributed by atoms with Crippen LogP contribution in [0.2, 0.25) is 30.1 Å². The molecule has 3 aliphatic rings. The first-order chi connectivity index (χ1) is 28.7. The number of hydrogen-bond donors (Lipinski definition) is 5. The fraction of sp³-hybridized carbons (Fsp3) is 0.342. The van der Waals surface area contributed by atoms with E-state index in [0.717, 1.165) is 6.07 Å². The van der Waals surface area contributed by atoms with Crippen LogP contribution in [0.5, 0.6) is 5.75 Å². The Morgan fingerprint density at radius 2 is 1.66 bits per heavy atom. The van der Waals surface area contributed by atoms with E-state index in [4.69, 9.17) is 87.8 Å². The predicted molar refractivity (Wildman–Crippen MR) is 230 cm³/mol. The number of aromatic carboxylic acids is 1. The number of benzene rings is 3. The number of halogens is 6. The Kier molecular flexibility index (Phi) is 14.6. The summed E-state index contributed by atoms with van der Waals surface area (Å²) in [6, 6.07) is 3.47. The van der Waals surface area contributed by atoms with Gasteiger partial charge in [0.25, 0.3) is 11.5 Å². The Morgan fingerprint density at radius 1 is 0.951 bits per heavy atom. The van der Waals surface area contributed by atoms with Gasteiger partial charge in [0.2, 0.25) is 5.43 Å². The van der Waals surface area contributed by atoms with Crippen LogP contribution < -0.4 is 22.0 Å². The fourth-order valence-electron chi connectivity index (χ4n) is 6.80. The molecule has 0 radical (unpaired) electrons. The summed E-state index contributed by atoms with van der Waals surface area (Å²) in [7, 11) is -4.45. The lowest BCUT2D eigenvalue weighted by molar-refractivity contribution is -0.0325. The molecule has 2 unspecified atom stereocenters. The largest absolute Gasteiger partial charge is 0.505 e. The normalized spacial score (nSPS) is 17.6. The average molecular weight is 984 g/mol. The molecule has 2 aromatic carbocycles. The number of ether oxygens (including phenoxy) is 1. The minimum Gasteiger partial charge on any atom is -0.505 e. The summed E-state index contributed by atoms with van der Waals surface area (Å²) >= 11 is 38.6. The second kappa shape index (κ2) is 19.0. The van der Waals surface area contributed by atoms with Crippen molar-refractivity contribution in [3.63, 3.8) is 0 Å². The van der Waals surface area contributed by atoms with Crippen LogP contribution >= 0.6 is 77.4 Å². The maximum atomic E-state index is 13.6. The number of phenols is 1. The Labute approximate surface area is 375 Å². The molecule has 0 bridgehead atoms. The maximum absolute atomic E-state index is 13.6. The van der Waals surface area contributed by atoms with Crippen molar-refractivity contribution in [3.8, 4) is 28.2 Å². The summed E-state index contributed by atoms with van der Waals surface area (Å²) in [6.07, 6.45) is 2.40. The number of amides is 1. The van der Waals surface area contributed by atoms with Gasteiger partial charge in [-0.15, -0.1) is 0 Å². The SMILES string of the molecule is Cc1cn([C@H]2CC(C)[C@@H](COP(=O)(O)OCCCCCCNC(=O)c3cc(Cl)c(C(=O)O)c(-c4c5cc(Cl)c(=O)c(Cl)c-5oc5c(Cl)c(O)c(Cl)cc45)c3Cl)O2)c(=O)[nH]c1=O. The molecule has 3 heterocycles. The fourth-order valence-corrected chi connectivity index (χ4v) is 9.18. The van der Waals surface area contributed by atoms with E-state index in [1.165, 1.54) is 22.9 Å². The Hall–Kier alpha value is -3.64. The van der Waals surface area contributed by atoms with Crippen LogP contribution in [0.1, 0.15) is 71.5 Å². The van der Waals surface area contributed by atoms with E-state index < -0.39 is 70.1 Å². The van der Waals surface area contributed by atoms with Crippen molar-refractivity contribution in [2.75, 3.05) is 19.8 Å². The molecule has 16 nitrogen and oxygen atoms in total. The lowest BCUT2D eigenvalue weighted by Crippen LogP contribution is -2.33. The number of unbranched alkanes of at least 4 members (excludes halogenated alkanes) is 3. The summed E-state index contributed by atoms with van der Waals surface area (Å²) in [5.41, 5.74) is -3.02.